The number of allylic oxidation sites excluding steroid dienone is 5. The predicted molar refractivity (Wildman–Crippen MR) is 101 cm³/mol. The highest BCUT2D eigenvalue weighted by atomic mass is 19.1. The molecule has 0 saturated heterocycles. The number of halogens is 2. The van der Waals surface area contributed by atoms with Gasteiger partial charge in [-0.25, -0.2) is 8.78 Å². The maximum absolute atomic E-state index is 14.0. The first-order valence-electron chi connectivity index (χ1n) is 8.58. The van der Waals surface area contributed by atoms with Gasteiger partial charge in [0.15, 0.2) is 0 Å². The highest BCUT2D eigenvalue weighted by Gasteiger charge is 2.13. The molecule has 0 N–H and O–H groups in total. The zero-order valence-corrected chi connectivity index (χ0v) is 14.7. The summed E-state index contributed by atoms with van der Waals surface area (Å²) in [5.41, 5.74) is 4.79. The molecule has 0 fully saturated rings. The molecule has 0 aliphatic heterocycles. The summed E-state index contributed by atoms with van der Waals surface area (Å²) in [5, 5.41) is 0. The maximum atomic E-state index is 14.0. The molecule has 2 aromatic rings. The first-order chi connectivity index (χ1) is 12.0. The van der Waals surface area contributed by atoms with Crippen LogP contribution in [0.4, 0.5) is 8.78 Å². The summed E-state index contributed by atoms with van der Waals surface area (Å²) in [6, 6.07) is 8.87. The van der Waals surface area contributed by atoms with Crippen LogP contribution in [0.25, 0.3) is 16.7 Å². The Bertz CT molecular complexity index is 849. The smallest absolute Gasteiger partial charge is 0.129 e. The molecule has 0 nitrogen and oxygen atoms in total. The molecule has 0 heterocycles. The molecule has 1 aliphatic rings. The van der Waals surface area contributed by atoms with E-state index in [0.717, 1.165) is 23.1 Å². The van der Waals surface area contributed by atoms with Gasteiger partial charge in [0.05, 0.1) is 0 Å². The second-order valence-electron chi connectivity index (χ2n) is 6.66. The van der Waals surface area contributed by atoms with Crippen molar-refractivity contribution in [2.75, 3.05) is 0 Å². The monoisotopic (exact) mass is 336 g/mol. The highest BCUT2D eigenvalue weighted by Crippen LogP contribution is 2.32. The van der Waals surface area contributed by atoms with Gasteiger partial charge in [0, 0.05) is 5.56 Å². The molecule has 0 aromatic heterocycles. The minimum Gasteiger partial charge on any atom is -0.207 e. The average molecular weight is 336 g/mol. The van der Waals surface area contributed by atoms with Gasteiger partial charge >= 0.3 is 0 Å². The Morgan fingerprint density at radius 1 is 1.12 bits per heavy atom. The molecular formula is C23H22F2. The fourth-order valence-corrected chi connectivity index (χ4v) is 3.12. The second kappa shape index (κ2) is 7.18. The van der Waals surface area contributed by atoms with Crippen molar-refractivity contribution in [1.29, 1.82) is 0 Å². The van der Waals surface area contributed by atoms with Gasteiger partial charge in [-0.15, -0.1) is 6.58 Å². The van der Waals surface area contributed by atoms with Gasteiger partial charge in [0.2, 0.25) is 0 Å². The van der Waals surface area contributed by atoms with Crippen LogP contribution in [0.5, 0.6) is 0 Å². The van der Waals surface area contributed by atoms with Crippen molar-refractivity contribution in [3.63, 3.8) is 0 Å². The fraction of sp³-hybridized carbons (Fsp3) is 0.217. The Hall–Kier alpha value is -2.48. The molecule has 1 aliphatic carbocycles. The van der Waals surface area contributed by atoms with Gasteiger partial charge in [-0.05, 0) is 65.6 Å². The quantitative estimate of drug-likeness (QED) is 0.548. The molecule has 2 aromatic carbocycles. The molecule has 3 rings (SSSR count). The Kier molecular flexibility index (Phi) is 4.98. The van der Waals surface area contributed by atoms with Gasteiger partial charge in [0.1, 0.15) is 11.6 Å². The van der Waals surface area contributed by atoms with Crippen molar-refractivity contribution in [2.24, 2.45) is 5.92 Å². The number of benzene rings is 2. The summed E-state index contributed by atoms with van der Waals surface area (Å²) in [4.78, 5) is 0. The zero-order valence-electron chi connectivity index (χ0n) is 14.7. The summed E-state index contributed by atoms with van der Waals surface area (Å²) < 4.78 is 27.9. The van der Waals surface area contributed by atoms with E-state index in [1.807, 2.05) is 18.2 Å². The largest absolute Gasteiger partial charge is 0.207 e. The van der Waals surface area contributed by atoms with Crippen molar-refractivity contribution in [1.82, 2.24) is 0 Å². The molecule has 0 bridgehead atoms. The topological polar surface area (TPSA) is 0 Å². The number of hydrogen-bond acceptors (Lipinski definition) is 0. The highest BCUT2D eigenvalue weighted by molar-refractivity contribution is 5.78. The molecule has 2 heteroatoms. The molecular weight excluding hydrogens is 314 g/mol. The minimum absolute atomic E-state index is 0.0530. The van der Waals surface area contributed by atoms with Crippen molar-refractivity contribution in [3.05, 3.63) is 89.5 Å². The third-order valence-corrected chi connectivity index (χ3v) is 4.71. The fourth-order valence-electron chi connectivity index (χ4n) is 3.12. The van der Waals surface area contributed by atoms with E-state index in [1.54, 1.807) is 0 Å². The summed E-state index contributed by atoms with van der Waals surface area (Å²) in [7, 11) is 0. The van der Waals surface area contributed by atoms with Crippen LogP contribution in [0.2, 0.25) is 0 Å². The molecule has 1 atom stereocenters. The lowest BCUT2D eigenvalue weighted by atomic mass is 9.90. The summed E-state index contributed by atoms with van der Waals surface area (Å²) in [6.45, 7) is 7.46. The van der Waals surface area contributed by atoms with Crippen molar-refractivity contribution < 1.29 is 8.78 Å². The first kappa shape index (κ1) is 17.3. The lowest BCUT2D eigenvalue weighted by Gasteiger charge is -2.15. The van der Waals surface area contributed by atoms with Crippen molar-refractivity contribution >= 4 is 5.57 Å². The Labute approximate surface area is 148 Å². The Morgan fingerprint density at radius 3 is 2.44 bits per heavy atom. The van der Waals surface area contributed by atoms with Crippen LogP contribution in [-0.4, -0.2) is 0 Å². The van der Waals surface area contributed by atoms with E-state index in [1.165, 1.54) is 24.6 Å². The van der Waals surface area contributed by atoms with Crippen LogP contribution in [0.3, 0.4) is 0 Å². The van der Waals surface area contributed by atoms with Crippen molar-refractivity contribution in [2.45, 2.75) is 26.7 Å². The van der Waals surface area contributed by atoms with Gasteiger partial charge in [0.25, 0.3) is 0 Å². The lowest BCUT2D eigenvalue weighted by Crippen LogP contribution is -1.97. The summed E-state index contributed by atoms with van der Waals surface area (Å²) >= 11 is 0. The standard InChI is InChI=1S/C23H22F2/c1-4-5-19-12-18(17-8-6-15(2)7-9-17)10-11-21(19)20-13-22(24)16(3)23(25)14-20/h4,6,8-15H,1,5,7H2,2-3H3. The van der Waals surface area contributed by atoms with Crippen LogP contribution in [0, 0.1) is 24.5 Å². The first-order valence-corrected chi connectivity index (χ1v) is 8.58. The second-order valence-corrected chi connectivity index (χ2v) is 6.66. The van der Waals surface area contributed by atoms with Crippen LogP contribution in [0.1, 0.15) is 30.0 Å². The third-order valence-electron chi connectivity index (χ3n) is 4.71. The van der Waals surface area contributed by atoms with Crippen molar-refractivity contribution in [3.8, 4) is 11.1 Å². The maximum Gasteiger partial charge on any atom is 0.129 e. The molecule has 0 amide bonds. The molecule has 0 radical (unpaired) electrons. The molecule has 25 heavy (non-hydrogen) atoms. The lowest BCUT2D eigenvalue weighted by molar-refractivity contribution is 0.569. The molecule has 0 saturated carbocycles. The third kappa shape index (κ3) is 3.63. The zero-order chi connectivity index (χ0) is 18.0. The minimum atomic E-state index is -0.518. The predicted octanol–water partition coefficient (Wildman–Crippen LogP) is 6.65. The van der Waals surface area contributed by atoms with Crippen LogP contribution in [0.15, 0.2) is 61.2 Å². The van der Waals surface area contributed by atoms with E-state index in [0.29, 0.717) is 17.9 Å². The van der Waals surface area contributed by atoms with Crippen LogP contribution in [-0.2, 0) is 6.42 Å². The SMILES string of the molecule is C=CCc1cc(C2=CCC(C)C=C2)ccc1-c1cc(F)c(C)c(F)c1. The van der Waals surface area contributed by atoms with Crippen LogP contribution < -0.4 is 0 Å². The van der Waals surface area contributed by atoms with Gasteiger partial charge in [-0.2, -0.15) is 0 Å². The van der Waals surface area contributed by atoms with E-state index in [2.05, 4.69) is 37.8 Å². The van der Waals surface area contributed by atoms with E-state index in [4.69, 9.17) is 0 Å². The van der Waals surface area contributed by atoms with E-state index >= 15 is 0 Å². The normalized spacial score (nSPS) is 16.6. The van der Waals surface area contributed by atoms with Gasteiger partial charge in [-0.1, -0.05) is 49.4 Å². The number of hydrogen-bond donors (Lipinski definition) is 0. The Morgan fingerprint density at radius 2 is 1.84 bits per heavy atom. The van der Waals surface area contributed by atoms with E-state index in [9.17, 15) is 8.78 Å². The number of rotatable bonds is 4. The molecule has 128 valence electrons. The summed E-state index contributed by atoms with van der Waals surface area (Å²) in [5.74, 6) is -0.472. The molecule has 1 unspecified atom stereocenters. The van der Waals surface area contributed by atoms with Gasteiger partial charge in [-0.3, -0.25) is 0 Å². The Balaban J connectivity index is 2.06. The van der Waals surface area contributed by atoms with Crippen LogP contribution >= 0.6 is 0 Å². The van der Waals surface area contributed by atoms with E-state index < -0.39 is 11.6 Å². The van der Waals surface area contributed by atoms with Gasteiger partial charge < -0.3 is 0 Å². The average Bonchev–Trinajstić information content (AvgIpc) is 2.60. The van der Waals surface area contributed by atoms with E-state index in [-0.39, 0.29) is 5.56 Å². The molecule has 0 spiro atoms. The summed E-state index contributed by atoms with van der Waals surface area (Å²) in [6.07, 6.45) is 10.1.